The van der Waals surface area contributed by atoms with Crippen molar-refractivity contribution in [2.75, 3.05) is 0 Å². The molecule has 0 fully saturated rings. The first-order valence-corrected chi connectivity index (χ1v) is 4.78. The average molecular weight is 204 g/mol. The Morgan fingerprint density at radius 3 is 2.73 bits per heavy atom. The maximum absolute atomic E-state index is 10.6. The van der Waals surface area contributed by atoms with E-state index < -0.39 is 0 Å². The minimum absolute atomic E-state index is 0.311. The lowest BCUT2D eigenvalue weighted by atomic mass is 10.2. The summed E-state index contributed by atoms with van der Waals surface area (Å²) in [5.74, 6) is 1.23. The van der Waals surface area contributed by atoms with Crippen molar-refractivity contribution in [3.63, 3.8) is 0 Å². The highest BCUT2D eigenvalue weighted by molar-refractivity contribution is 5.76. The van der Waals surface area contributed by atoms with E-state index in [-0.39, 0.29) is 0 Å². The lowest BCUT2D eigenvalue weighted by Gasteiger charge is -2.03. The summed E-state index contributed by atoms with van der Waals surface area (Å²) in [6.45, 7) is 4.11. The number of carbonyl (C=O) groups is 1. The quantitative estimate of drug-likeness (QED) is 0.692. The fraction of sp³-hybridized carbons (Fsp3) is 0.400. The minimum Gasteiger partial charge on any atom is -0.314 e. The van der Waals surface area contributed by atoms with Crippen LogP contribution in [0, 0.1) is 0 Å². The Balaban J connectivity index is 2.71. The number of hydrogen-bond donors (Lipinski definition) is 0. The normalized spacial score (nSPS) is 11.2. The van der Waals surface area contributed by atoms with Crippen LogP contribution < -0.4 is 0 Å². The SMILES string of the molecule is CC(C)c1nc2ncc(C=O)nc2n1C. The van der Waals surface area contributed by atoms with Crippen LogP contribution in [-0.4, -0.2) is 25.8 Å². The molecule has 0 aromatic carbocycles. The molecule has 0 saturated carbocycles. The first-order valence-electron chi connectivity index (χ1n) is 4.78. The van der Waals surface area contributed by atoms with Crippen LogP contribution in [0.25, 0.3) is 11.3 Å². The highest BCUT2D eigenvalue weighted by atomic mass is 16.1. The molecule has 0 spiro atoms. The van der Waals surface area contributed by atoms with Crippen LogP contribution in [0.5, 0.6) is 0 Å². The Bertz CT molecular complexity index is 515. The minimum atomic E-state index is 0.311. The van der Waals surface area contributed by atoms with E-state index in [1.54, 1.807) is 0 Å². The van der Waals surface area contributed by atoms with Gasteiger partial charge in [-0.25, -0.2) is 15.0 Å². The Labute approximate surface area is 87.2 Å². The maximum atomic E-state index is 10.6. The van der Waals surface area contributed by atoms with Gasteiger partial charge in [0.25, 0.3) is 0 Å². The van der Waals surface area contributed by atoms with E-state index in [2.05, 4.69) is 28.8 Å². The summed E-state index contributed by atoms with van der Waals surface area (Å²) in [5.41, 5.74) is 1.58. The number of imidazole rings is 1. The Kier molecular flexibility index (Phi) is 2.22. The van der Waals surface area contributed by atoms with Gasteiger partial charge in [0.15, 0.2) is 17.6 Å². The van der Waals surface area contributed by atoms with Crippen molar-refractivity contribution in [1.29, 1.82) is 0 Å². The van der Waals surface area contributed by atoms with Crippen LogP contribution in [0.1, 0.15) is 36.1 Å². The van der Waals surface area contributed by atoms with Gasteiger partial charge in [0, 0.05) is 13.0 Å². The van der Waals surface area contributed by atoms with Crippen molar-refractivity contribution in [3.8, 4) is 0 Å². The topological polar surface area (TPSA) is 60.7 Å². The van der Waals surface area contributed by atoms with Crippen LogP contribution >= 0.6 is 0 Å². The molecular weight excluding hydrogens is 192 g/mol. The average Bonchev–Trinajstić information content (AvgIpc) is 2.56. The summed E-state index contributed by atoms with van der Waals surface area (Å²) in [4.78, 5) is 23.2. The number of aromatic nitrogens is 4. The van der Waals surface area contributed by atoms with Gasteiger partial charge in [-0.1, -0.05) is 13.8 Å². The molecule has 15 heavy (non-hydrogen) atoms. The second-order valence-electron chi connectivity index (χ2n) is 3.74. The summed E-state index contributed by atoms with van der Waals surface area (Å²) >= 11 is 0. The zero-order valence-electron chi connectivity index (χ0n) is 8.93. The Morgan fingerprint density at radius 2 is 2.13 bits per heavy atom. The van der Waals surface area contributed by atoms with Crippen molar-refractivity contribution in [2.45, 2.75) is 19.8 Å². The molecule has 0 bridgehead atoms. The summed E-state index contributed by atoms with van der Waals surface area (Å²) in [5, 5.41) is 0. The summed E-state index contributed by atoms with van der Waals surface area (Å²) in [6.07, 6.45) is 2.13. The number of aldehydes is 1. The molecule has 0 radical (unpaired) electrons. The van der Waals surface area contributed by atoms with Crippen molar-refractivity contribution in [1.82, 2.24) is 19.5 Å². The van der Waals surface area contributed by atoms with Gasteiger partial charge in [0.2, 0.25) is 0 Å². The second-order valence-corrected chi connectivity index (χ2v) is 3.74. The molecule has 0 unspecified atom stereocenters. The molecule has 5 heteroatoms. The third-order valence-corrected chi connectivity index (χ3v) is 2.27. The molecular formula is C10H12N4O. The van der Waals surface area contributed by atoms with Gasteiger partial charge in [-0.2, -0.15) is 0 Å². The molecule has 0 amide bonds. The summed E-state index contributed by atoms with van der Waals surface area (Å²) in [6, 6.07) is 0. The van der Waals surface area contributed by atoms with Gasteiger partial charge in [0.05, 0.1) is 6.20 Å². The molecule has 0 aliphatic heterocycles. The lowest BCUT2D eigenvalue weighted by Crippen LogP contribution is -2.00. The Morgan fingerprint density at radius 1 is 1.40 bits per heavy atom. The molecule has 5 nitrogen and oxygen atoms in total. The fourth-order valence-electron chi connectivity index (χ4n) is 1.56. The molecule has 0 atom stereocenters. The second kappa shape index (κ2) is 3.42. The third-order valence-electron chi connectivity index (χ3n) is 2.27. The van der Waals surface area contributed by atoms with E-state index in [1.807, 2.05) is 11.6 Å². The van der Waals surface area contributed by atoms with E-state index >= 15 is 0 Å². The fourth-order valence-corrected chi connectivity index (χ4v) is 1.56. The number of rotatable bonds is 2. The third kappa shape index (κ3) is 1.49. The standard InChI is InChI=1S/C10H12N4O/c1-6(2)9-13-8-10(14(9)3)12-7(5-15)4-11-8/h4-6H,1-3H3. The van der Waals surface area contributed by atoms with Gasteiger partial charge in [-0.05, 0) is 0 Å². The summed E-state index contributed by atoms with van der Waals surface area (Å²) in [7, 11) is 1.88. The van der Waals surface area contributed by atoms with Gasteiger partial charge in [-0.15, -0.1) is 0 Å². The van der Waals surface area contributed by atoms with Crippen molar-refractivity contribution < 1.29 is 4.79 Å². The Hall–Kier alpha value is -1.78. The van der Waals surface area contributed by atoms with Crippen molar-refractivity contribution in [3.05, 3.63) is 17.7 Å². The van der Waals surface area contributed by atoms with Crippen LogP contribution in [-0.2, 0) is 7.05 Å². The van der Waals surface area contributed by atoms with E-state index in [0.717, 1.165) is 5.82 Å². The molecule has 0 saturated heterocycles. The van der Waals surface area contributed by atoms with Gasteiger partial charge < -0.3 is 4.57 Å². The molecule has 0 aliphatic rings. The summed E-state index contributed by atoms with van der Waals surface area (Å²) < 4.78 is 1.88. The number of hydrogen-bond acceptors (Lipinski definition) is 4. The zero-order chi connectivity index (χ0) is 11.0. The van der Waals surface area contributed by atoms with Crippen LogP contribution in [0.3, 0.4) is 0 Å². The van der Waals surface area contributed by atoms with E-state index in [1.165, 1.54) is 6.20 Å². The smallest absolute Gasteiger partial charge is 0.197 e. The van der Waals surface area contributed by atoms with E-state index in [0.29, 0.717) is 29.2 Å². The molecule has 2 aromatic heterocycles. The molecule has 0 aliphatic carbocycles. The first-order chi connectivity index (χ1) is 7.13. The van der Waals surface area contributed by atoms with Crippen LogP contribution in [0.2, 0.25) is 0 Å². The van der Waals surface area contributed by atoms with E-state index in [9.17, 15) is 4.79 Å². The number of carbonyl (C=O) groups excluding carboxylic acids is 1. The molecule has 0 N–H and O–H groups in total. The van der Waals surface area contributed by atoms with E-state index in [4.69, 9.17) is 0 Å². The zero-order valence-corrected chi connectivity index (χ0v) is 8.93. The highest BCUT2D eigenvalue weighted by Crippen LogP contribution is 2.17. The van der Waals surface area contributed by atoms with Crippen molar-refractivity contribution in [2.24, 2.45) is 7.05 Å². The van der Waals surface area contributed by atoms with Crippen LogP contribution in [0.15, 0.2) is 6.20 Å². The first kappa shape index (κ1) is 9.76. The molecule has 2 heterocycles. The predicted molar refractivity (Wildman–Crippen MR) is 55.8 cm³/mol. The monoisotopic (exact) mass is 204 g/mol. The number of fused-ring (bicyclic) bond motifs is 1. The highest BCUT2D eigenvalue weighted by Gasteiger charge is 2.12. The maximum Gasteiger partial charge on any atom is 0.197 e. The van der Waals surface area contributed by atoms with Gasteiger partial charge in [0.1, 0.15) is 11.5 Å². The number of nitrogens with zero attached hydrogens (tertiary/aromatic N) is 4. The van der Waals surface area contributed by atoms with Crippen molar-refractivity contribution >= 4 is 17.6 Å². The molecule has 2 rings (SSSR count). The number of aryl methyl sites for hydroxylation is 1. The van der Waals surface area contributed by atoms with Gasteiger partial charge >= 0.3 is 0 Å². The largest absolute Gasteiger partial charge is 0.314 e. The molecule has 2 aromatic rings. The van der Waals surface area contributed by atoms with Crippen LogP contribution in [0.4, 0.5) is 0 Å². The molecule has 78 valence electrons. The van der Waals surface area contributed by atoms with Gasteiger partial charge in [-0.3, -0.25) is 4.79 Å². The predicted octanol–water partition coefficient (Wildman–Crippen LogP) is 1.30. The lowest BCUT2D eigenvalue weighted by molar-refractivity contribution is 0.111.